The van der Waals surface area contributed by atoms with Gasteiger partial charge >= 0.3 is 0 Å². The number of nitrogens with one attached hydrogen (secondary N) is 2. The fraction of sp³-hybridized carbons (Fsp3) is 0.390. The summed E-state index contributed by atoms with van der Waals surface area (Å²) in [5, 5.41) is 16.9. The van der Waals surface area contributed by atoms with Crippen molar-refractivity contribution in [3.8, 4) is 0 Å². The molecular weight excluding hydrogens is 715 g/mol. The summed E-state index contributed by atoms with van der Waals surface area (Å²) in [6.45, 7) is 0.800. The summed E-state index contributed by atoms with van der Waals surface area (Å²) in [5.74, 6) is -5.93. The molecule has 4 aromatic rings. The molecular formula is C41H44F2N4O6S. The molecule has 54 heavy (non-hydrogen) atoms. The van der Waals surface area contributed by atoms with E-state index in [1.807, 2.05) is 60.7 Å². The number of Topliss-reactive ketones (excluding diaryl/α,β-unsaturated/α-hetero) is 1. The maximum Gasteiger partial charge on any atom is 0.270 e. The third-order valence-electron chi connectivity index (χ3n) is 10.4. The summed E-state index contributed by atoms with van der Waals surface area (Å²) in [5.41, 5.74) is 7.11. The number of hydrogen-bond acceptors (Lipinski definition) is 7. The van der Waals surface area contributed by atoms with Gasteiger partial charge in [-0.1, -0.05) is 66.7 Å². The normalized spacial score (nSPS) is 20.9. The molecule has 0 radical (unpaired) electrons. The first kappa shape index (κ1) is 38.7. The molecule has 5 atom stereocenters. The highest BCUT2D eigenvalue weighted by Gasteiger charge is 2.46. The lowest BCUT2D eigenvalue weighted by molar-refractivity contribution is -0.144. The number of nitrogens with two attached hydrogens (primary N) is 1. The maximum absolute atomic E-state index is 14.2. The Morgan fingerprint density at radius 2 is 1.61 bits per heavy atom. The van der Waals surface area contributed by atoms with Crippen molar-refractivity contribution in [2.24, 2.45) is 5.73 Å². The van der Waals surface area contributed by atoms with E-state index in [-0.39, 0.29) is 67.1 Å². The van der Waals surface area contributed by atoms with Gasteiger partial charge in [0.15, 0.2) is 5.78 Å². The van der Waals surface area contributed by atoms with Gasteiger partial charge in [0.25, 0.3) is 11.8 Å². The van der Waals surface area contributed by atoms with Crippen molar-refractivity contribution in [1.82, 2.24) is 15.5 Å². The van der Waals surface area contributed by atoms with Crippen LogP contribution in [-0.4, -0.2) is 69.7 Å². The number of carbonyl (C=O) groups is 5. The third kappa shape index (κ3) is 9.02. The fourth-order valence-corrected chi connectivity index (χ4v) is 8.55. The highest BCUT2D eigenvalue weighted by atomic mass is 32.1. The third-order valence-corrected chi connectivity index (χ3v) is 11.6. The van der Waals surface area contributed by atoms with Gasteiger partial charge in [0.1, 0.15) is 12.1 Å². The lowest BCUT2D eigenvalue weighted by atomic mass is 9.85. The molecule has 2 fully saturated rings. The molecule has 0 unspecified atom stereocenters. The number of benzene rings is 3. The van der Waals surface area contributed by atoms with Crippen molar-refractivity contribution in [1.29, 1.82) is 0 Å². The minimum atomic E-state index is -3.05. The van der Waals surface area contributed by atoms with Crippen molar-refractivity contribution in [2.45, 2.75) is 100 Å². The van der Waals surface area contributed by atoms with Crippen molar-refractivity contribution < 1.29 is 37.9 Å². The fourth-order valence-electron chi connectivity index (χ4n) is 7.60. The first-order valence-electron chi connectivity index (χ1n) is 18.2. The van der Waals surface area contributed by atoms with Crippen molar-refractivity contribution in [2.75, 3.05) is 0 Å². The van der Waals surface area contributed by atoms with Gasteiger partial charge in [-0.3, -0.25) is 24.0 Å². The van der Waals surface area contributed by atoms with Crippen LogP contribution in [-0.2, 0) is 25.1 Å². The number of carbonyl (C=O) groups excluding carboxylic acids is 5. The first-order chi connectivity index (χ1) is 25.8. The second kappa shape index (κ2) is 16.6. The Bertz CT molecular complexity index is 1960. The zero-order valence-electron chi connectivity index (χ0n) is 29.9. The van der Waals surface area contributed by atoms with Crippen LogP contribution in [0.1, 0.15) is 90.6 Å². The first-order valence-corrected chi connectivity index (χ1v) is 19.0. The van der Waals surface area contributed by atoms with Gasteiger partial charge in [-0.05, 0) is 73.2 Å². The second-order valence-corrected chi connectivity index (χ2v) is 15.4. The summed E-state index contributed by atoms with van der Waals surface area (Å²) >= 11 is 1.11. The summed E-state index contributed by atoms with van der Waals surface area (Å²) < 4.78 is 28.5. The van der Waals surface area contributed by atoms with Crippen LogP contribution in [0.3, 0.4) is 0 Å². The van der Waals surface area contributed by atoms with Crippen LogP contribution in [0.4, 0.5) is 8.78 Å². The molecule has 5 N–H and O–H groups in total. The molecule has 3 heterocycles. The van der Waals surface area contributed by atoms with Crippen LogP contribution in [0.2, 0.25) is 0 Å². The Kier molecular flexibility index (Phi) is 11.9. The average molecular weight is 759 g/mol. The highest BCUT2D eigenvalue weighted by Crippen LogP contribution is 2.35. The molecule has 0 spiro atoms. The number of rotatable bonds is 13. The Balaban J connectivity index is 1.20. The van der Waals surface area contributed by atoms with Gasteiger partial charge < -0.3 is 26.4 Å². The van der Waals surface area contributed by atoms with E-state index in [4.69, 9.17) is 5.73 Å². The van der Waals surface area contributed by atoms with Crippen LogP contribution in [0.5, 0.6) is 0 Å². The number of primary amides is 1. The van der Waals surface area contributed by atoms with Crippen LogP contribution in [0.15, 0.2) is 84.9 Å². The second-order valence-electron chi connectivity index (χ2n) is 14.3. The van der Waals surface area contributed by atoms with Gasteiger partial charge in [-0.25, -0.2) is 8.78 Å². The topological polar surface area (TPSA) is 159 Å². The molecule has 13 heteroatoms. The Labute approximate surface area is 316 Å². The van der Waals surface area contributed by atoms with E-state index >= 15 is 0 Å². The highest BCUT2D eigenvalue weighted by molar-refractivity contribution is 7.20. The van der Waals surface area contributed by atoms with Gasteiger partial charge in [-0.15, -0.1) is 11.3 Å². The Morgan fingerprint density at radius 3 is 2.24 bits per heavy atom. The quantitative estimate of drug-likeness (QED) is 0.140. The zero-order chi connectivity index (χ0) is 38.6. The SMILES string of the molecule is CC(F)(F)c1ccc2sc(C(=O)N[C@H]3CC[C@H](O)C[C@H]4CC[C@@H](C(=O)N[C@@H](CCC(N)=O)C(=O)CC(c5ccccc5)c5ccccc5)N4C3=O)cc2c1. The van der Waals surface area contributed by atoms with E-state index in [0.29, 0.717) is 16.5 Å². The zero-order valence-corrected chi connectivity index (χ0v) is 30.7. The number of fused-ring (bicyclic) bond motifs is 2. The van der Waals surface area contributed by atoms with Crippen LogP contribution in [0, 0.1) is 0 Å². The van der Waals surface area contributed by atoms with Crippen molar-refractivity contribution >= 4 is 50.8 Å². The summed E-state index contributed by atoms with van der Waals surface area (Å²) in [7, 11) is 0. The summed E-state index contributed by atoms with van der Waals surface area (Å²) in [6.07, 6.45) is 0.370. The number of nitrogens with zero attached hydrogens (tertiary/aromatic N) is 1. The molecule has 2 aliphatic heterocycles. The number of ketones is 1. The van der Waals surface area contributed by atoms with Gasteiger partial charge in [-0.2, -0.15) is 0 Å². The van der Waals surface area contributed by atoms with Gasteiger partial charge in [0, 0.05) is 42.0 Å². The van der Waals surface area contributed by atoms with Crippen molar-refractivity contribution in [3.05, 3.63) is 106 Å². The molecule has 0 bridgehead atoms. The van der Waals surface area contributed by atoms with E-state index in [1.54, 1.807) is 0 Å². The number of hydrogen-bond donors (Lipinski definition) is 4. The number of aliphatic hydroxyl groups is 1. The lowest BCUT2D eigenvalue weighted by Crippen LogP contribution is -2.58. The molecule has 6 rings (SSSR count). The van der Waals surface area contributed by atoms with E-state index in [9.17, 15) is 37.9 Å². The van der Waals surface area contributed by atoms with Gasteiger partial charge in [0.05, 0.1) is 17.0 Å². The average Bonchev–Trinajstić information content (AvgIpc) is 3.77. The lowest BCUT2D eigenvalue weighted by Gasteiger charge is -2.36. The number of amides is 4. The molecule has 2 saturated heterocycles. The van der Waals surface area contributed by atoms with E-state index < -0.39 is 59.8 Å². The number of aliphatic hydroxyl groups excluding tert-OH is 1. The standard InChI is InChI=1S/C41H44F2N4O6S/c1-41(42,43)27-12-18-35-26(20-27)21-36(54-35)39(52)46-32-15-14-29(48)22-28-13-17-33(47(28)40(32)53)38(51)45-31(16-19-37(44)50)34(49)23-30(24-8-4-2-5-9-24)25-10-6-3-7-11-25/h2-12,18,20-21,28-33,48H,13-17,19,22-23H2,1H3,(H2,44,50)(H,45,51)(H,46,52)/t28-,29+,31+,32+,33+/m1/s1. The minimum Gasteiger partial charge on any atom is -0.393 e. The van der Waals surface area contributed by atoms with Crippen molar-refractivity contribution in [3.63, 3.8) is 0 Å². The molecule has 2 aliphatic rings. The summed E-state index contributed by atoms with van der Waals surface area (Å²) in [6, 6.07) is 21.1. The molecule has 3 aromatic carbocycles. The number of thiophene rings is 1. The smallest absolute Gasteiger partial charge is 0.270 e. The van der Waals surface area contributed by atoms with Crippen LogP contribution >= 0.6 is 11.3 Å². The number of alkyl halides is 2. The molecule has 10 nitrogen and oxygen atoms in total. The van der Waals surface area contributed by atoms with Gasteiger partial charge in [0.2, 0.25) is 17.7 Å². The monoisotopic (exact) mass is 758 g/mol. The predicted octanol–water partition coefficient (Wildman–Crippen LogP) is 5.56. The van der Waals surface area contributed by atoms with E-state index in [0.717, 1.165) is 29.4 Å². The van der Waals surface area contributed by atoms with E-state index in [2.05, 4.69) is 10.6 Å². The predicted molar refractivity (Wildman–Crippen MR) is 201 cm³/mol. The molecule has 284 valence electrons. The van der Waals surface area contributed by atoms with Crippen LogP contribution < -0.4 is 16.4 Å². The molecule has 4 amide bonds. The largest absolute Gasteiger partial charge is 0.393 e. The Morgan fingerprint density at radius 1 is 0.944 bits per heavy atom. The molecule has 0 saturated carbocycles. The Hall–Kier alpha value is -5.01. The molecule has 0 aliphatic carbocycles. The van der Waals surface area contributed by atoms with E-state index in [1.165, 1.54) is 29.2 Å². The maximum atomic E-state index is 14.2. The number of halogens is 2. The summed E-state index contributed by atoms with van der Waals surface area (Å²) in [4.78, 5) is 69.4. The van der Waals surface area contributed by atoms with Crippen LogP contribution in [0.25, 0.3) is 10.1 Å². The molecule has 1 aromatic heterocycles. The minimum absolute atomic E-state index is 0.0236.